The zero-order valence-electron chi connectivity index (χ0n) is 16.5. The van der Waals surface area contributed by atoms with E-state index in [1.54, 1.807) is 25.5 Å². The third-order valence-corrected chi connectivity index (χ3v) is 4.40. The molecule has 0 bridgehead atoms. The molecule has 0 fully saturated rings. The maximum absolute atomic E-state index is 11.8. The number of carbonyl (C=O) groups is 2. The molecule has 146 valence electrons. The number of nitrogens with zero attached hydrogens (tertiary/aromatic N) is 3. The monoisotopic (exact) mass is 387 g/mol. The summed E-state index contributed by atoms with van der Waals surface area (Å²) in [6.45, 7) is 1.52. The molecule has 0 atom stereocenters. The van der Waals surface area contributed by atoms with Crippen LogP contribution in [-0.2, 0) is 4.84 Å². The summed E-state index contributed by atoms with van der Waals surface area (Å²) in [6.07, 6.45) is 3.41. The second kappa shape index (κ2) is 9.03. The fraction of sp³-hybridized carbons (Fsp3) is 0.130. The predicted molar refractivity (Wildman–Crippen MR) is 113 cm³/mol. The summed E-state index contributed by atoms with van der Waals surface area (Å²) >= 11 is 0. The summed E-state index contributed by atoms with van der Waals surface area (Å²) < 4.78 is 0. The lowest BCUT2D eigenvalue weighted by atomic mass is 10.1. The molecule has 6 nitrogen and oxygen atoms in total. The van der Waals surface area contributed by atoms with Crippen molar-refractivity contribution in [2.45, 2.75) is 6.92 Å². The van der Waals surface area contributed by atoms with Crippen molar-refractivity contribution >= 4 is 33.2 Å². The maximum atomic E-state index is 11.8. The fourth-order valence-corrected chi connectivity index (χ4v) is 2.72. The number of hydroxylamine groups is 2. The molecule has 2 aromatic carbocycles. The van der Waals surface area contributed by atoms with Gasteiger partial charge in [0, 0.05) is 37.1 Å². The number of aromatic nitrogens is 2. The molecule has 0 saturated carbocycles. The van der Waals surface area contributed by atoms with Gasteiger partial charge in [0.1, 0.15) is 11.4 Å². The van der Waals surface area contributed by atoms with Gasteiger partial charge in [-0.3, -0.25) is 24.4 Å². The minimum Gasteiger partial charge on any atom is -0.293 e. The van der Waals surface area contributed by atoms with Gasteiger partial charge in [0.25, 0.3) is 5.91 Å². The van der Waals surface area contributed by atoms with Crippen molar-refractivity contribution in [1.29, 1.82) is 0 Å². The molecule has 6 heteroatoms. The number of Topliss-reactive ketones (excluding diaryl/α,β-unsaturated/α-hetero) is 1. The van der Waals surface area contributed by atoms with Crippen LogP contribution in [0.2, 0.25) is 0 Å². The molecule has 29 heavy (non-hydrogen) atoms. The summed E-state index contributed by atoms with van der Waals surface area (Å²) in [7, 11) is 3.00. The number of pyridine rings is 2. The second-order valence-corrected chi connectivity index (χ2v) is 6.37. The quantitative estimate of drug-likeness (QED) is 0.387. The number of fused-ring (bicyclic) bond motifs is 2. The van der Waals surface area contributed by atoms with E-state index >= 15 is 0 Å². The molecule has 0 radical (unpaired) electrons. The van der Waals surface area contributed by atoms with E-state index in [2.05, 4.69) is 9.97 Å². The van der Waals surface area contributed by atoms with E-state index in [9.17, 15) is 9.59 Å². The van der Waals surface area contributed by atoms with Gasteiger partial charge in [-0.1, -0.05) is 48.5 Å². The van der Waals surface area contributed by atoms with Gasteiger partial charge in [-0.15, -0.1) is 0 Å². The first-order valence-corrected chi connectivity index (χ1v) is 9.02. The molecular weight excluding hydrogens is 366 g/mol. The number of hydrogen-bond acceptors (Lipinski definition) is 5. The molecule has 1 amide bonds. The molecule has 0 spiro atoms. The van der Waals surface area contributed by atoms with E-state index in [-0.39, 0.29) is 11.7 Å². The topological polar surface area (TPSA) is 72.4 Å². The number of rotatable bonds is 3. The highest BCUT2D eigenvalue weighted by molar-refractivity contribution is 5.96. The molecule has 2 aromatic heterocycles. The Morgan fingerprint density at radius 1 is 0.793 bits per heavy atom. The highest BCUT2D eigenvalue weighted by atomic mass is 16.7. The maximum Gasteiger partial charge on any atom is 0.295 e. The van der Waals surface area contributed by atoms with Crippen LogP contribution in [-0.4, -0.2) is 40.9 Å². The Kier molecular flexibility index (Phi) is 6.26. The molecule has 4 rings (SSSR count). The summed E-state index contributed by atoms with van der Waals surface area (Å²) in [6, 6.07) is 19.2. The Bertz CT molecular complexity index is 1170. The molecule has 4 aromatic rings. The van der Waals surface area contributed by atoms with Crippen LogP contribution < -0.4 is 0 Å². The van der Waals surface area contributed by atoms with Crippen molar-refractivity contribution in [3.63, 3.8) is 0 Å². The van der Waals surface area contributed by atoms with Crippen molar-refractivity contribution in [2.24, 2.45) is 0 Å². The predicted octanol–water partition coefficient (Wildman–Crippen LogP) is 4.31. The Labute approximate surface area is 168 Å². The van der Waals surface area contributed by atoms with E-state index in [4.69, 9.17) is 4.84 Å². The van der Waals surface area contributed by atoms with Gasteiger partial charge in [-0.25, -0.2) is 5.06 Å². The fourth-order valence-electron chi connectivity index (χ4n) is 2.72. The van der Waals surface area contributed by atoms with Crippen LogP contribution in [0.1, 0.15) is 27.9 Å². The first kappa shape index (κ1) is 20.1. The van der Waals surface area contributed by atoms with Crippen molar-refractivity contribution in [2.75, 3.05) is 14.2 Å². The van der Waals surface area contributed by atoms with Gasteiger partial charge in [-0.05, 0) is 22.9 Å². The number of amides is 1. The largest absolute Gasteiger partial charge is 0.295 e. The highest BCUT2D eigenvalue weighted by Gasteiger charge is 2.12. The zero-order valence-corrected chi connectivity index (χ0v) is 16.5. The van der Waals surface area contributed by atoms with E-state index in [1.807, 2.05) is 54.6 Å². The van der Waals surface area contributed by atoms with Crippen LogP contribution in [0.5, 0.6) is 0 Å². The first-order chi connectivity index (χ1) is 14.0. The normalized spacial score (nSPS) is 10.3. The summed E-state index contributed by atoms with van der Waals surface area (Å²) in [5, 5.41) is 5.27. The van der Waals surface area contributed by atoms with Crippen molar-refractivity contribution in [3.8, 4) is 0 Å². The minimum atomic E-state index is -0.256. The van der Waals surface area contributed by atoms with Gasteiger partial charge in [0.2, 0.25) is 0 Å². The number of carbonyl (C=O) groups excluding carboxylic acids is 2. The van der Waals surface area contributed by atoms with Gasteiger partial charge >= 0.3 is 0 Å². The Balaban J connectivity index is 0.000000169. The third-order valence-electron chi connectivity index (χ3n) is 4.40. The van der Waals surface area contributed by atoms with Crippen molar-refractivity contribution in [3.05, 3.63) is 84.4 Å². The SMILES string of the molecule is CC(=O)c1cc2ccccc2cn1.CON(C)C(=O)c1cc2ccccc2cn1. The van der Waals surface area contributed by atoms with Gasteiger partial charge in [0.15, 0.2) is 5.78 Å². The number of ketones is 1. The Morgan fingerprint density at radius 2 is 1.24 bits per heavy atom. The lowest BCUT2D eigenvalue weighted by Gasteiger charge is -2.12. The second-order valence-electron chi connectivity index (χ2n) is 6.37. The van der Waals surface area contributed by atoms with Crippen LogP contribution in [0.15, 0.2) is 73.1 Å². The van der Waals surface area contributed by atoms with Gasteiger partial charge in [-0.2, -0.15) is 0 Å². The van der Waals surface area contributed by atoms with Crippen LogP contribution in [0.25, 0.3) is 21.5 Å². The van der Waals surface area contributed by atoms with Crippen LogP contribution >= 0.6 is 0 Å². The minimum absolute atomic E-state index is 0.00533. The Morgan fingerprint density at radius 3 is 1.72 bits per heavy atom. The number of benzene rings is 2. The Hall–Kier alpha value is -3.64. The van der Waals surface area contributed by atoms with Gasteiger partial charge < -0.3 is 0 Å². The molecule has 0 aliphatic carbocycles. The summed E-state index contributed by atoms with van der Waals surface area (Å²) in [4.78, 5) is 35.8. The van der Waals surface area contributed by atoms with Gasteiger partial charge in [0.05, 0.1) is 7.11 Å². The van der Waals surface area contributed by atoms with E-state index in [0.29, 0.717) is 11.4 Å². The first-order valence-electron chi connectivity index (χ1n) is 9.02. The van der Waals surface area contributed by atoms with E-state index in [0.717, 1.165) is 26.6 Å². The molecule has 0 aliphatic heterocycles. The molecule has 0 unspecified atom stereocenters. The molecule has 2 heterocycles. The average Bonchev–Trinajstić information content (AvgIpc) is 2.77. The molecule has 0 aliphatic rings. The van der Waals surface area contributed by atoms with E-state index < -0.39 is 0 Å². The smallest absolute Gasteiger partial charge is 0.293 e. The van der Waals surface area contributed by atoms with Crippen LogP contribution in [0.4, 0.5) is 0 Å². The standard InChI is InChI=1S/C12H12N2O2.C11H9NO/c1-14(16-2)12(15)11-7-9-5-3-4-6-10(9)8-13-11;1-8(13)11-6-9-4-2-3-5-10(9)7-12-11/h3-8H,1-2H3;2-7H,1H3. The third kappa shape index (κ3) is 4.80. The number of hydrogen-bond donors (Lipinski definition) is 0. The molecular formula is C23H21N3O3. The van der Waals surface area contributed by atoms with Crippen molar-refractivity contribution in [1.82, 2.24) is 15.0 Å². The molecule has 0 saturated heterocycles. The van der Waals surface area contributed by atoms with Crippen molar-refractivity contribution < 1.29 is 14.4 Å². The lowest BCUT2D eigenvalue weighted by Crippen LogP contribution is -2.26. The lowest BCUT2D eigenvalue weighted by molar-refractivity contribution is -0.0760. The zero-order chi connectivity index (χ0) is 20.8. The average molecular weight is 387 g/mol. The van der Waals surface area contributed by atoms with Crippen LogP contribution in [0, 0.1) is 0 Å². The van der Waals surface area contributed by atoms with Crippen LogP contribution in [0.3, 0.4) is 0 Å². The molecule has 0 N–H and O–H groups in total. The van der Waals surface area contributed by atoms with E-state index in [1.165, 1.54) is 14.0 Å². The summed E-state index contributed by atoms with van der Waals surface area (Å²) in [5.41, 5.74) is 0.904. The highest BCUT2D eigenvalue weighted by Crippen LogP contribution is 2.14. The summed E-state index contributed by atoms with van der Waals surface area (Å²) in [5.74, 6) is -0.251.